The Morgan fingerprint density at radius 1 is 1.15 bits per heavy atom. The van der Waals surface area contributed by atoms with Crippen molar-refractivity contribution in [1.29, 1.82) is 0 Å². The van der Waals surface area contributed by atoms with Gasteiger partial charge >= 0.3 is 5.63 Å². The van der Waals surface area contributed by atoms with E-state index in [9.17, 15) is 4.79 Å². The molecule has 7 nitrogen and oxygen atoms in total. The Morgan fingerprint density at radius 3 is 2.67 bits per heavy atom. The molecule has 0 aliphatic rings. The lowest BCUT2D eigenvalue weighted by Gasteiger charge is -2.15. The molecule has 0 aliphatic heterocycles. The summed E-state index contributed by atoms with van der Waals surface area (Å²) >= 11 is 6.36. The summed E-state index contributed by atoms with van der Waals surface area (Å²) < 4.78 is 12.8. The predicted molar refractivity (Wildman–Crippen MR) is 102 cm³/mol. The maximum atomic E-state index is 11.6. The Hall–Kier alpha value is -2.93. The van der Waals surface area contributed by atoms with Crippen LogP contribution >= 0.6 is 11.6 Å². The monoisotopic (exact) mass is 384 g/mol. The highest BCUT2D eigenvalue weighted by atomic mass is 35.5. The SMILES string of the molecule is Cc1cc(=O)oc2cc(Oc3ccc4nnc(C(C)(C)C)n4n3)c(Cl)cc12. The Labute approximate surface area is 159 Å². The highest BCUT2D eigenvalue weighted by Gasteiger charge is 2.22. The van der Waals surface area contributed by atoms with Gasteiger partial charge in [0.25, 0.3) is 0 Å². The predicted octanol–water partition coefficient (Wildman–Crippen LogP) is 4.28. The third kappa shape index (κ3) is 3.14. The molecule has 0 saturated heterocycles. The van der Waals surface area contributed by atoms with Gasteiger partial charge in [-0.05, 0) is 24.6 Å². The topological polar surface area (TPSA) is 82.5 Å². The zero-order chi connectivity index (χ0) is 19.3. The Balaban J connectivity index is 1.80. The second-order valence-electron chi connectivity index (χ2n) is 7.34. The number of benzene rings is 1. The Morgan fingerprint density at radius 2 is 1.93 bits per heavy atom. The number of halogens is 1. The van der Waals surface area contributed by atoms with E-state index in [1.807, 2.05) is 27.7 Å². The second kappa shape index (κ2) is 6.06. The molecule has 4 aromatic rings. The highest BCUT2D eigenvalue weighted by Crippen LogP contribution is 2.33. The molecule has 0 radical (unpaired) electrons. The minimum Gasteiger partial charge on any atom is -0.436 e. The third-order valence-corrected chi connectivity index (χ3v) is 4.42. The molecule has 3 aromatic heterocycles. The van der Waals surface area contributed by atoms with E-state index in [1.54, 1.807) is 28.8 Å². The van der Waals surface area contributed by atoms with Gasteiger partial charge in [0.2, 0.25) is 5.88 Å². The minimum absolute atomic E-state index is 0.230. The second-order valence-corrected chi connectivity index (χ2v) is 7.75. The summed E-state index contributed by atoms with van der Waals surface area (Å²) in [5.41, 5.74) is 1.16. The van der Waals surface area contributed by atoms with Crippen LogP contribution in [-0.4, -0.2) is 19.8 Å². The van der Waals surface area contributed by atoms with Crippen LogP contribution in [0.2, 0.25) is 5.02 Å². The fourth-order valence-corrected chi connectivity index (χ4v) is 3.01. The molecule has 0 bridgehead atoms. The number of ether oxygens (including phenoxy) is 1. The van der Waals surface area contributed by atoms with Crippen molar-refractivity contribution in [2.75, 3.05) is 0 Å². The number of aromatic nitrogens is 4. The van der Waals surface area contributed by atoms with Crippen molar-refractivity contribution >= 4 is 28.2 Å². The van der Waals surface area contributed by atoms with Crippen molar-refractivity contribution in [2.45, 2.75) is 33.1 Å². The first kappa shape index (κ1) is 17.5. The van der Waals surface area contributed by atoms with Crippen molar-refractivity contribution in [3.63, 3.8) is 0 Å². The van der Waals surface area contributed by atoms with Gasteiger partial charge in [-0.1, -0.05) is 32.4 Å². The lowest BCUT2D eigenvalue weighted by atomic mass is 9.96. The van der Waals surface area contributed by atoms with Gasteiger partial charge in [0.15, 0.2) is 17.2 Å². The van der Waals surface area contributed by atoms with Crippen LogP contribution in [0.3, 0.4) is 0 Å². The largest absolute Gasteiger partial charge is 0.436 e. The van der Waals surface area contributed by atoms with E-state index in [-0.39, 0.29) is 5.41 Å². The van der Waals surface area contributed by atoms with Gasteiger partial charge in [-0.15, -0.1) is 15.3 Å². The summed E-state index contributed by atoms with van der Waals surface area (Å²) in [5.74, 6) is 1.38. The van der Waals surface area contributed by atoms with E-state index in [1.165, 1.54) is 6.07 Å². The maximum Gasteiger partial charge on any atom is 0.336 e. The molecule has 138 valence electrons. The fourth-order valence-electron chi connectivity index (χ4n) is 2.80. The van der Waals surface area contributed by atoms with E-state index in [4.69, 9.17) is 20.8 Å². The molecule has 0 saturated carbocycles. The quantitative estimate of drug-likeness (QED) is 0.479. The number of hydrogen-bond donors (Lipinski definition) is 0. The van der Waals surface area contributed by atoms with Crippen LogP contribution < -0.4 is 10.4 Å². The molecular formula is C19H17ClN4O3. The van der Waals surface area contributed by atoms with Gasteiger partial charge < -0.3 is 9.15 Å². The van der Waals surface area contributed by atoms with E-state index in [0.29, 0.717) is 33.7 Å². The minimum atomic E-state index is -0.424. The van der Waals surface area contributed by atoms with Crippen LogP contribution in [0.25, 0.3) is 16.6 Å². The Kier molecular flexibility index (Phi) is 3.92. The van der Waals surface area contributed by atoms with Gasteiger partial charge in [0.05, 0.1) is 5.02 Å². The normalized spacial score (nSPS) is 12.0. The number of aryl methyl sites for hydroxylation is 1. The summed E-state index contributed by atoms with van der Waals surface area (Å²) in [6.45, 7) is 7.92. The first-order chi connectivity index (χ1) is 12.7. The maximum absolute atomic E-state index is 11.6. The van der Waals surface area contributed by atoms with Crippen molar-refractivity contribution in [2.24, 2.45) is 0 Å². The first-order valence-electron chi connectivity index (χ1n) is 8.37. The number of fused-ring (bicyclic) bond motifs is 2. The molecule has 8 heteroatoms. The van der Waals surface area contributed by atoms with Crippen LogP contribution in [0.15, 0.2) is 39.5 Å². The van der Waals surface area contributed by atoms with Crippen LogP contribution in [0.5, 0.6) is 11.6 Å². The molecule has 3 heterocycles. The Bertz CT molecular complexity index is 1240. The van der Waals surface area contributed by atoms with E-state index < -0.39 is 5.63 Å². The molecule has 1 aromatic carbocycles. The number of hydrogen-bond acceptors (Lipinski definition) is 6. The van der Waals surface area contributed by atoms with Crippen molar-refractivity contribution in [3.05, 3.63) is 57.2 Å². The van der Waals surface area contributed by atoms with Gasteiger partial charge in [-0.3, -0.25) is 0 Å². The van der Waals surface area contributed by atoms with Gasteiger partial charge in [-0.2, -0.15) is 4.52 Å². The summed E-state index contributed by atoms with van der Waals surface area (Å²) in [4.78, 5) is 11.6. The zero-order valence-electron chi connectivity index (χ0n) is 15.3. The molecular weight excluding hydrogens is 368 g/mol. The van der Waals surface area contributed by atoms with Crippen molar-refractivity contribution in [1.82, 2.24) is 19.8 Å². The summed E-state index contributed by atoms with van der Waals surface area (Å²) in [6.07, 6.45) is 0. The first-order valence-corrected chi connectivity index (χ1v) is 8.75. The number of nitrogens with zero attached hydrogens (tertiary/aromatic N) is 4. The van der Waals surface area contributed by atoms with Gasteiger partial charge in [0, 0.05) is 29.0 Å². The molecule has 0 spiro atoms. The average molecular weight is 385 g/mol. The van der Waals surface area contributed by atoms with Crippen LogP contribution in [-0.2, 0) is 5.41 Å². The molecule has 4 rings (SSSR count). The van der Waals surface area contributed by atoms with Crippen LogP contribution in [0.1, 0.15) is 32.2 Å². The molecule has 0 atom stereocenters. The average Bonchev–Trinajstić information content (AvgIpc) is 3.00. The smallest absolute Gasteiger partial charge is 0.336 e. The lowest BCUT2D eigenvalue weighted by Crippen LogP contribution is -2.17. The lowest BCUT2D eigenvalue weighted by molar-refractivity contribution is 0.444. The molecule has 0 unspecified atom stereocenters. The molecule has 0 N–H and O–H groups in total. The summed E-state index contributed by atoms with van der Waals surface area (Å²) in [5, 5.41) is 14.0. The molecule has 27 heavy (non-hydrogen) atoms. The van der Waals surface area contributed by atoms with Crippen LogP contribution in [0.4, 0.5) is 0 Å². The number of rotatable bonds is 2. The van der Waals surface area contributed by atoms with E-state index in [2.05, 4.69) is 15.3 Å². The third-order valence-electron chi connectivity index (χ3n) is 4.13. The standard InChI is InChI=1S/C19H17ClN4O3/c1-10-7-17(25)27-13-9-14(12(20)8-11(10)13)26-16-6-5-15-21-22-18(19(2,3)4)24(15)23-16/h5-9H,1-4H3. The molecule has 0 fully saturated rings. The van der Waals surface area contributed by atoms with E-state index in [0.717, 1.165) is 10.9 Å². The van der Waals surface area contributed by atoms with Crippen LogP contribution in [0, 0.1) is 6.92 Å². The van der Waals surface area contributed by atoms with E-state index >= 15 is 0 Å². The fraction of sp³-hybridized carbons (Fsp3) is 0.263. The van der Waals surface area contributed by atoms with Crippen molar-refractivity contribution < 1.29 is 9.15 Å². The summed E-state index contributed by atoms with van der Waals surface area (Å²) in [7, 11) is 0. The molecule has 0 amide bonds. The van der Waals surface area contributed by atoms with Gasteiger partial charge in [0.1, 0.15) is 5.58 Å². The highest BCUT2D eigenvalue weighted by molar-refractivity contribution is 6.32. The summed E-state index contributed by atoms with van der Waals surface area (Å²) in [6, 6.07) is 8.18. The molecule has 0 aliphatic carbocycles. The van der Waals surface area contributed by atoms with Gasteiger partial charge in [-0.25, -0.2) is 4.79 Å². The zero-order valence-corrected chi connectivity index (χ0v) is 16.0. The van der Waals surface area contributed by atoms with Crippen molar-refractivity contribution in [3.8, 4) is 11.6 Å².